The number of aliphatic hydroxyl groups is 1. The number of β-amino-alcohol motifs (C(OH)–C–C–N with tert-alkyl or cyclic N) is 1. The minimum absolute atomic E-state index is 0.00742. The van der Waals surface area contributed by atoms with Crippen LogP contribution in [0.4, 0.5) is 14.6 Å². The third kappa shape index (κ3) is 4.07. The van der Waals surface area contributed by atoms with Crippen molar-refractivity contribution in [2.45, 2.75) is 63.5 Å². The number of nitrogens with zero attached hydrogens (tertiary/aromatic N) is 3. The van der Waals surface area contributed by atoms with Gasteiger partial charge < -0.3 is 10.4 Å². The smallest absolute Gasteiger partial charge is 0.257 e. The van der Waals surface area contributed by atoms with Crippen LogP contribution in [0.15, 0.2) is 41.3 Å². The molecule has 3 heterocycles. The van der Waals surface area contributed by atoms with Crippen LogP contribution in [0.5, 0.6) is 0 Å². The highest BCUT2D eigenvalue weighted by atomic mass is 19.1. The average Bonchev–Trinajstić information content (AvgIpc) is 3.23. The Morgan fingerprint density at radius 2 is 1.79 bits per heavy atom. The predicted octanol–water partition coefficient (Wildman–Crippen LogP) is 3.60. The van der Waals surface area contributed by atoms with Gasteiger partial charge in [0.25, 0.3) is 5.91 Å². The number of fused-ring (bicyclic) bond motifs is 4. The molecule has 1 saturated heterocycles. The molecule has 2 bridgehead atoms. The molecule has 10 heteroatoms. The fraction of sp³-hybridized carbons (Fsp3) is 0.429. The third-order valence-electron chi connectivity index (χ3n) is 8.63. The molecule has 2 amide bonds. The van der Waals surface area contributed by atoms with Crippen LogP contribution in [-0.4, -0.2) is 44.7 Å². The van der Waals surface area contributed by atoms with E-state index in [1.807, 2.05) is 0 Å². The van der Waals surface area contributed by atoms with E-state index in [2.05, 4.69) is 17.2 Å². The molecule has 38 heavy (non-hydrogen) atoms. The molecule has 3 aromatic rings. The van der Waals surface area contributed by atoms with Crippen LogP contribution in [0.3, 0.4) is 0 Å². The lowest BCUT2D eigenvalue weighted by Gasteiger charge is -2.52. The average molecular weight is 523 g/mol. The first-order valence-electron chi connectivity index (χ1n) is 12.9. The van der Waals surface area contributed by atoms with Gasteiger partial charge in [0.15, 0.2) is 5.65 Å². The van der Waals surface area contributed by atoms with E-state index in [0.29, 0.717) is 11.5 Å². The molecule has 8 nitrogen and oxygen atoms in total. The maximum atomic E-state index is 15.0. The number of carbonyl (C=O) groups is 2. The van der Waals surface area contributed by atoms with Crippen molar-refractivity contribution in [1.82, 2.24) is 14.9 Å². The summed E-state index contributed by atoms with van der Waals surface area (Å²) in [6, 6.07) is 5.90. The van der Waals surface area contributed by atoms with Crippen molar-refractivity contribution in [3.8, 4) is 5.69 Å². The Morgan fingerprint density at radius 1 is 1.08 bits per heavy atom. The first-order valence-corrected chi connectivity index (χ1v) is 12.9. The summed E-state index contributed by atoms with van der Waals surface area (Å²) >= 11 is 0. The summed E-state index contributed by atoms with van der Waals surface area (Å²) < 4.78 is 29.9. The number of carbonyl (C=O) groups excluding carboxylic acids is 2. The molecular weight excluding hydrogens is 494 g/mol. The van der Waals surface area contributed by atoms with E-state index in [4.69, 9.17) is 0 Å². The van der Waals surface area contributed by atoms with Crippen molar-refractivity contribution in [2.75, 3.05) is 11.4 Å². The molecule has 0 spiro atoms. The summed E-state index contributed by atoms with van der Waals surface area (Å²) in [5.41, 5.74) is -0.910. The van der Waals surface area contributed by atoms with E-state index in [-0.39, 0.29) is 52.5 Å². The van der Waals surface area contributed by atoms with E-state index in [1.165, 1.54) is 33.9 Å². The Balaban J connectivity index is 1.47. The Kier molecular flexibility index (Phi) is 5.64. The Hall–Kier alpha value is -3.66. The molecule has 198 valence electrons. The molecule has 2 aromatic heterocycles. The predicted molar refractivity (Wildman–Crippen MR) is 136 cm³/mol. The van der Waals surface area contributed by atoms with Crippen LogP contribution in [-0.2, 0) is 4.79 Å². The van der Waals surface area contributed by atoms with Crippen LogP contribution in [0.2, 0.25) is 0 Å². The minimum Gasteiger partial charge on any atom is -0.391 e. The second kappa shape index (κ2) is 8.69. The summed E-state index contributed by atoms with van der Waals surface area (Å²) in [6.45, 7) is 2.31. The maximum absolute atomic E-state index is 15.0. The fourth-order valence-electron chi connectivity index (χ4n) is 6.14. The molecule has 4 aliphatic rings. The van der Waals surface area contributed by atoms with Gasteiger partial charge in [-0.1, -0.05) is 6.92 Å². The number of benzene rings is 1. The molecular formula is C28H28F2N4O4. The summed E-state index contributed by atoms with van der Waals surface area (Å²) in [5, 5.41) is 13.1. The molecule has 4 fully saturated rings. The Labute approximate surface area is 217 Å². The van der Waals surface area contributed by atoms with Crippen LogP contribution < -0.4 is 15.6 Å². The third-order valence-corrected chi connectivity index (χ3v) is 8.63. The van der Waals surface area contributed by atoms with Gasteiger partial charge in [0.2, 0.25) is 11.3 Å². The quantitative estimate of drug-likeness (QED) is 0.545. The van der Waals surface area contributed by atoms with Gasteiger partial charge in [-0.05, 0) is 68.2 Å². The Bertz CT molecular complexity index is 1530. The van der Waals surface area contributed by atoms with Gasteiger partial charge in [-0.3, -0.25) is 23.9 Å². The van der Waals surface area contributed by atoms with Gasteiger partial charge in [0.1, 0.15) is 23.0 Å². The SMILES string of the molecule is CC12CCC(NC(=O)c3cn(-c4ccc(F)cc4F)c4nc(N5C[C@@H](O)CC5=O)ccc4c3=O)(CC1)CC2. The number of amides is 2. The lowest BCUT2D eigenvalue weighted by atomic mass is 9.58. The second-order valence-electron chi connectivity index (χ2n) is 11.3. The number of hydrogen-bond donors (Lipinski definition) is 2. The molecule has 1 atom stereocenters. The fourth-order valence-corrected chi connectivity index (χ4v) is 6.14. The summed E-state index contributed by atoms with van der Waals surface area (Å²) in [5.74, 6) is -2.38. The number of halogens is 2. The number of aromatic nitrogens is 2. The normalized spacial score (nSPS) is 26.8. The first kappa shape index (κ1) is 24.7. The monoisotopic (exact) mass is 522 g/mol. The largest absolute Gasteiger partial charge is 0.391 e. The van der Waals surface area contributed by atoms with Gasteiger partial charge in [-0.15, -0.1) is 0 Å². The number of pyridine rings is 2. The second-order valence-corrected chi connectivity index (χ2v) is 11.3. The lowest BCUT2D eigenvalue weighted by molar-refractivity contribution is -0.117. The molecule has 2 N–H and O–H groups in total. The highest BCUT2D eigenvalue weighted by Crippen LogP contribution is 2.52. The highest BCUT2D eigenvalue weighted by Gasteiger charge is 2.47. The molecule has 3 aliphatic carbocycles. The van der Waals surface area contributed by atoms with Crippen molar-refractivity contribution < 1.29 is 23.5 Å². The molecule has 0 radical (unpaired) electrons. The van der Waals surface area contributed by atoms with Crippen molar-refractivity contribution in [3.05, 3.63) is 63.9 Å². The highest BCUT2D eigenvalue weighted by molar-refractivity contribution is 5.99. The van der Waals surface area contributed by atoms with Gasteiger partial charge in [0, 0.05) is 17.8 Å². The first-order chi connectivity index (χ1) is 18.1. The van der Waals surface area contributed by atoms with E-state index >= 15 is 0 Å². The van der Waals surface area contributed by atoms with Crippen LogP contribution in [0.1, 0.15) is 62.2 Å². The maximum Gasteiger partial charge on any atom is 0.257 e. The van der Waals surface area contributed by atoms with Gasteiger partial charge in [-0.25, -0.2) is 13.8 Å². The standard InChI is InChI=1S/C28H28F2N4O4/c1-27-6-9-28(10-7-27,11-8-27)32-26(38)19-15-33(21-4-2-16(29)12-20(21)30)25-18(24(19)37)3-5-22(31-25)34-14-17(35)13-23(34)36/h2-5,12,15,17,35H,6-11,13-14H2,1H3,(H,32,38)/t17-,27?,28?/m0/s1. The van der Waals surface area contributed by atoms with Crippen molar-refractivity contribution in [1.29, 1.82) is 0 Å². The number of rotatable bonds is 4. The molecule has 7 rings (SSSR count). The zero-order chi connectivity index (χ0) is 26.8. The summed E-state index contributed by atoms with van der Waals surface area (Å²) in [4.78, 5) is 45.2. The zero-order valence-corrected chi connectivity index (χ0v) is 21.0. The Morgan fingerprint density at radius 3 is 2.42 bits per heavy atom. The van der Waals surface area contributed by atoms with E-state index < -0.39 is 29.1 Å². The number of aliphatic hydroxyl groups excluding tert-OH is 1. The van der Waals surface area contributed by atoms with E-state index in [9.17, 15) is 28.3 Å². The van der Waals surface area contributed by atoms with Crippen LogP contribution in [0, 0.1) is 17.0 Å². The van der Waals surface area contributed by atoms with E-state index in [1.54, 1.807) is 0 Å². The summed E-state index contributed by atoms with van der Waals surface area (Å²) in [6.07, 6.45) is 5.86. The number of anilines is 1. The van der Waals surface area contributed by atoms with Crippen LogP contribution in [0.25, 0.3) is 16.7 Å². The topological polar surface area (TPSA) is 105 Å². The van der Waals surface area contributed by atoms with Gasteiger partial charge >= 0.3 is 0 Å². The zero-order valence-electron chi connectivity index (χ0n) is 21.0. The number of nitrogens with one attached hydrogen (secondary N) is 1. The molecule has 3 saturated carbocycles. The van der Waals surface area contributed by atoms with Crippen molar-refractivity contribution in [3.63, 3.8) is 0 Å². The minimum atomic E-state index is -0.904. The van der Waals surface area contributed by atoms with Gasteiger partial charge in [-0.2, -0.15) is 0 Å². The molecule has 1 aromatic carbocycles. The van der Waals surface area contributed by atoms with E-state index in [0.717, 1.165) is 44.6 Å². The molecule has 0 unspecified atom stereocenters. The lowest BCUT2D eigenvalue weighted by Crippen LogP contribution is -2.56. The van der Waals surface area contributed by atoms with Crippen LogP contribution >= 0.6 is 0 Å². The summed E-state index contributed by atoms with van der Waals surface area (Å²) in [7, 11) is 0. The van der Waals surface area contributed by atoms with Gasteiger partial charge in [0.05, 0.1) is 30.1 Å². The van der Waals surface area contributed by atoms with Crippen molar-refractivity contribution >= 4 is 28.7 Å². The number of hydrogen-bond acceptors (Lipinski definition) is 5. The molecule has 1 aliphatic heterocycles. The van der Waals surface area contributed by atoms with Crippen molar-refractivity contribution in [2.24, 2.45) is 5.41 Å².